The Morgan fingerprint density at radius 1 is 1.50 bits per heavy atom. The standard InChI is InChI=1S/C13H18N4OS2/c1-9(2)14-12(18)8-20-13-16-15-11(17(13)3)7-10-5-4-6-19-10/h4-6,9H,7-8H2,1-3H3,(H,14,18). The maximum absolute atomic E-state index is 11.6. The van der Waals surface area contributed by atoms with Gasteiger partial charge in [-0.25, -0.2) is 0 Å². The van der Waals surface area contributed by atoms with E-state index in [0.29, 0.717) is 5.75 Å². The smallest absolute Gasteiger partial charge is 0.230 e. The summed E-state index contributed by atoms with van der Waals surface area (Å²) in [5.74, 6) is 1.30. The van der Waals surface area contributed by atoms with Gasteiger partial charge in [0.1, 0.15) is 5.82 Å². The fourth-order valence-electron chi connectivity index (χ4n) is 1.69. The summed E-state index contributed by atoms with van der Waals surface area (Å²) in [6.45, 7) is 3.90. The van der Waals surface area contributed by atoms with Gasteiger partial charge >= 0.3 is 0 Å². The number of nitrogens with zero attached hydrogens (tertiary/aromatic N) is 3. The molecule has 2 rings (SSSR count). The van der Waals surface area contributed by atoms with Crippen LogP contribution in [0.25, 0.3) is 0 Å². The molecule has 0 radical (unpaired) electrons. The third-order valence-corrected chi connectivity index (χ3v) is 4.52. The fourth-order valence-corrected chi connectivity index (χ4v) is 3.13. The minimum atomic E-state index is 0.0211. The molecule has 2 aromatic rings. The van der Waals surface area contributed by atoms with Crippen molar-refractivity contribution in [1.82, 2.24) is 20.1 Å². The van der Waals surface area contributed by atoms with E-state index in [1.54, 1.807) is 11.3 Å². The van der Waals surface area contributed by atoms with E-state index in [1.165, 1.54) is 16.6 Å². The zero-order valence-electron chi connectivity index (χ0n) is 11.8. The molecule has 108 valence electrons. The second-order valence-electron chi connectivity index (χ2n) is 4.72. The minimum Gasteiger partial charge on any atom is -0.353 e. The minimum absolute atomic E-state index is 0.0211. The van der Waals surface area contributed by atoms with Crippen LogP contribution < -0.4 is 5.32 Å². The van der Waals surface area contributed by atoms with Gasteiger partial charge in [0.15, 0.2) is 5.16 Å². The van der Waals surface area contributed by atoms with E-state index in [9.17, 15) is 4.79 Å². The molecule has 0 aromatic carbocycles. The van der Waals surface area contributed by atoms with E-state index in [-0.39, 0.29) is 11.9 Å². The first-order valence-corrected chi connectivity index (χ1v) is 8.25. The zero-order chi connectivity index (χ0) is 14.5. The second kappa shape index (κ2) is 6.90. The number of nitrogens with one attached hydrogen (secondary N) is 1. The molecular weight excluding hydrogens is 292 g/mol. The molecule has 0 atom stereocenters. The third-order valence-electron chi connectivity index (χ3n) is 2.62. The average molecular weight is 310 g/mol. The van der Waals surface area contributed by atoms with Crippen LogP contribution in [-0.4, -0.2) is 32.5 Å². The summed E-state index contributed by atoms with van der Waals surface area (Å²) in [6, 6.07) is 4.28. The molecule has 1 N–H and O–H groups in total. The van der Waals surface area contributed by atoms with Gasteiger partial charge in [0.2, 0.25) is 5.91 Å². The van der Waals surface area contributed by atoms with Crippen molar-refractivity contribution in [1.29, 1.82) is 0 Å². The highest BCUT2D eigenvalue weighted by Crippen LogP contribution is 2.18. The molecule has 7 heteroatoms. The summed E-state index contributed by atoms with van der Waals surface area (Å²) in [4.78, 5) is 12.9. The molecule has 2 aromatic heterocycles. The number of aromatic nitrogens is 3. The van der Waals surface area contributed by atoms with Gasteiger partial charge in [-0.05, 0) is 25.3 Å². The predicted octanol–water partition coefficient (Wildman–Crippen LogP) is 2.08. The lowest BCUT2D eigenvalue weighted by atomic mass is 10.3. The van der Waals surface area contributed by atoms with Crippen LogP contribution in [0.4, 0.5) is 0 Å². The number of amides is 1. The Morgan fingerprint density at radius 3 is 2.95 bits per heavy atom. The van der Waals surface area contributed by atoms with E-state index >= 15 is 0 Å². The van der Waals surface area contributed by atoms with Gasteiger partial charge in [-0.3, -0.25) is 4.79 Å². The van der Waals surface area contributed by atoms with Crippen LogP contribution in [0.15, 0.2) is 22.7 Å². The summed E-state index contributed by atoms with van der Waals surface area (Å²) < 4.78 is 1.95. The summed E-state index contributed by atoms with van der Waals surface area (Å²) >= 11 is 3.12. The predicted molar refractivity (Wildman–Crippen MR) is 82.1 cm³/mol. The van der Waals surface area contributed by atoms with Gasteiger partial charge in [0.05, 0.1) is 5.75 Å². The van der Waals surface area contributed by atoms with E-state index in [1.807, 2.05) is 31.5 Å². The number of carbonyl (C=O) groups is 1. The van der Waals surface area contributed by atoms with Gasteiger partial charge in [-0.2, -0.15) is 0 Å². The first kappa shape index (κ1) is 15.1. The average Bonchev–Trinajstić information content (AvgIpc) is 2.99. The molecular formula is C13H18N4OS2. The highest BCUT2D eigenvalue weighted by Gasteiger charge is 2.12. The number of thioether (sulfide) groups is 1. The topological polar surface area (TPSA) is 59.8 Å². The first-order valence-electron chi connectivity index (χ1n) is 6.39. The van der Waals surface area contributed by atoms with Crippen LogP contribution in [0.3, 0.4) is 0 Å². The Morgan fingerprint density at radius 2 is 2.30 bits per heavy atom. The number of carbonyl (C=O) groups excluding carboxylic acids is 1. The van der Waals surface area contributed by atoms with Gasteiger partial charge in [-0.1, -0.05) is 17.8 Å². The van der Waals surface area contributed by atoms with E-state index in [4.69, 9.17) is 0 Å². The molecule has 0 aliphatic rings. The fraction of sp³-hybridized carbons (Fsp3) is 0.462. The van der Waals surface area contributed by atoms with Crippen molar-refractivity contribution >= 4 is 29.0 Å². The van der Waals surface area contributed by atoms with Crippen LogP contribution in [-0.2, 0) is 18.3 Å². The van der Waals surface area contributed by atoms with Crippen molar-refractivity contribution in [2.24, 2.45) is 7.05 Å². The van der Waals surface area contributed by atoms with Crippen LogP contribution in [0.1, 0.15) is 24.5 Å². The monoisotopic (exact) mass is 310 g/mol. The number of hydrogen-bond acceptors (Lipinski definition) is 5. The second-order valence-corrected chi connectivity index (χ2v) is 6.70. The summed E-state index contributed by atoms with van der Waals surface area (Å²) in [7, 11) is 1.94. The van der Waals surface area contributed by atoms with Gasteiger partial charge in [-0.15, -0.1) is 21.5 Å². The van der Waals surface area contributed by atoms with Crippen LogP contribution in [0.5, 0.6) is 0 Å². The summed E-state index contributed by atoms with van der Waals surface area (Å²) in [5.41, 5.74) is 0. The van der Waals surface area contributed by atoms with Crippen LogP contribution >= 0.6 is 23.1 Å². The highest BCUT2D eigenvalue weighted by atomic mass is 32.2. The molecule has 0 bridgehead atoms. The lowest BCUT2D eigenvalue weighted by Gasteiger charge is -2.07. The lowest BCUT2D eigenvalue weighted by Crippen LogP contribution is -2.31. The zero-order valence-corrected chi connectivity index (χ0v) is 13.4. The molecule has 0 spiro atoms. The van der Waals surface area contributed by atoms with Gasteiger partial charge in [0, 0.05) is 24.4 Å². The van der Waals surface area contributed by atoms with Crippen molar-refractivity contribution < 1.29 is 4.79 Å². The molecule has 0 saturated carbocycles. The maximum Gasteiger partial charge on any atom is 0.230 e. The molecule has 0 saturated heterocycles. The van der Waals surface area contributed by atoms with Gasteiger partial charge < -0.3 is 9.88 Å². The molecule has 20 heavy (non-hydrogen) atoms. The number of thiophene rings is 1. The Labute approximate surface area is 126 Å². The van der Waals surface area contributed by atoms with E-state index < -0.39 is 0 Å². The van der Waals surface area contributed by atoms with Crippen LogP contribution in [0.2, 0.25) is 0 Å². The Hall–Kier alpha value is -1.34. The normalized spacial score (nSPS) is 11.0. The Kier molecular flexibility index (Phi) is 5.19. The molecule has 0 aliphatic heterocycles. The molecule has 0 unspecified atom stereocenters. The maximum atomic E-state index is 11.6. The molecule has 1 amide bonds. The lowest BCUT2D eigenvalue weighted by molar-refractivity contribution is -0.119. The van der Waals surface area contributed by atoms with E-state index in [0.717, 1.165) is 17.4 Å². The van der Waals surface area contributed by atoms with Crippen LogP contribution in [0, 0.1) is 0 Å². The number of rotatable bonds is 6. The van der Waals surface area contributed by atoms with E-state index in [2.05, 4.69) is 27.0 Å². The molecule has 5 nitrogen and oxygen atoms in total. The van der Waals surface area contributed by atoms with Crippen molar-refractivity contribution in [2.75, 3.05) is 5.75 Å². The molecule has 0 fully saturated rings. The highest BCUT2D eigenvalue weighted by molar-refractivity contribution is 7.99. The third kappa shape index (κ3) is 4.08. The van der Waals surface area contributed by atoms with Crippen molar-refractivity contribution in [3.05, 3.63) is 28.2 Å². The van der Waals surface area contributed by atoms with Crippen molar-refractivity contribution in [3.8, 4) is 0 Å². The molecule has 2 heterocycles. The Balaban J connectivity index is 1.93. The van der Waals surface area contributed by atoms with Crippen molar-refractivity contribution in [3.63, 3.8) is 0 Å². The summed E-state index contributed by atoms with van der Waals surface area (Å²) in [5, 5.41) is 14.0. The van der Waals surface area contributed by atoms with Crippen molar-refractivity contribution in [2.45, 2.75) is 31.5 Å². The SMILES string of the molecule is CC(C)NC(=O)CSc1nnc(Cc2cccs2)n1C. The Bertz CT molecular complexity index is 563. The molecule has 0 aliphatic carbocycles. The largest absolute Gasteiger partial charge is 0.353 e. The quantitative estimate of drug-likeness (QED) is 0.830. The van der Waals surface area contributed by atoms with Gasteiger partial charge in [0.25, 0.3) is 0 Å². The number of hydrogen-bond donors (Lipinski definition) is 1. The first-order chi connectivity index (χ1) is 9.56. The summed E-state index contributed by atoms with van der Waals surface area (Å²) in [6.07, 6.45) is 0.778.